The van der Waals surface area contributed by atoms with E-state index in [1.165, 1.54) is 10.8 Å². The summed E-state index contributed by atoms with van der Waals surface area (Å²) in [7, 11) is 1.86. The van der Waals surface area contributed by atoms with Crippen molar-refractivity contribution in [1.82, 2.24) is 4.90 Å². The van der Waals surface area contributed by atoms with Crippen LogP contribution < -0.4 is 16.4 Å². The summed E-state index contributed by atoms with van der Waals surface area (Å²) in [5, 5.41) is 2.41. The number of hydrogen-bond acceptors (Lipinski definition) is 2. The van der Waals surface area contributed by atoms with Crippen LogP contribution in [0.25, 0.3) is 10.8 Å². The number of nitrogens with zero attached hydrogens (tertiary/aromatic N) is 3. The fraction of sp³-hybridized carbons (Fsp3) is 0.357. The largest absolute Gasteiger partial charge is 0.370 e. The Kier molecular flexibility index (Phi) is 7.68. The normalized spacial score (nSPS) is 17.8. The maximum atomic E-state index is 13.6. The second kappa shape index (κ2) is 11.1. The lowest BCUT2D eigenvalue weighted by atomic mass is 9.82. The molecule has 1 aliphatic rings. The highest BCUT2D eigenvalue weighted by Crippen LogP contribution is 2.30. The first-order valence-electron chi connectivity index (χ1n) is 12.1. The van der Waals surface area contributed by atoms with Crippen LogP contribution in [0, 0.1) is 11.8 Å². The molecule has 0 aromatic heterocycles. The third-order valence-corrected chi connectivity index (χ3v) is 6.87. The number of guanidine groups is 1. The Bertz CT molecular complexity index is 1120. The molecule has 0 saturated heterocycles. The third kappa shape index (κ3) is 6.07. The zero-order valence-electron chi connectivity index (χ0n) is 19.9. The number of para-hydroxylation sites is 1. The number of carbonyl (C=O) groups excluding carboxylic acids is 1. The van der Waals surface area contributed by atoms with E-state index in [0.29, 0.717) is 24.9 Å². The van der Waals surface area contributed by atoms with Crippen LogP contribution in [0.2, 0.25) is 0 Å². The lowest BCUT2D eigenvalue weighted by Gasteiger charge is -2.34. The molecular formula is C28H35N5O. The number of carbonyl (C=O) groups is 1. The van der Waals surface area contributed by atoms with E-state index in [1.54, 1.807) is 4.90 Å². The van der Waals surface area contributed by atoms with E-state index in [0.717, 1.165) is 43.5 Å². The molecule has 0 aliphatic heterocycles. The maximum Gasteiger partial charge on any atom is 0.324 e. The Morgan fingerprint density at radius 3 is 2.24 bits per heavy atom. The second-order valence-electron chi connectivity index (χ2n) is 9.39. The SMILES string of the molecule is CN(C(=O)N(Cc1ccc2ccccc2c1)CC1CCC(CN=C(N)N)CC1)c1ccccc1. The van der Waals surface area contributed by atoms with Gasteiger partial charge in [-0.05, 0) is 72.1 Å². The van der Waals surface area contributed by atoms with Gasteiger partial charge in [-0.2, -0.15) is 0 Å². The van der Waals surface area contributed by atoms with Gasteiger partial charge in [-0.1, -0.05) is 54.6 Å². The Hall–Kier alpha value is -3.54. The topological polar surface area (TPSA) is 88.0 Å². The molecule has 1 aliphatic carbocycles. The van der Waals surface area contributed by atoms with Gasteiger partial charge in [0.05, 0.1) is 0 Å². The van der Waals surface area contributed by atoms with Crippen molar-refractivity contribution < 1.29 is 4.79 Å². The highest BCUT2D eigenvalue weighted by Gasteiger charge is 2.27. The average Bonchev–Trinajstić information content (AvgIpc) is 2.87. The average molecular weight is 458 g/mol. The molecule has 4 rings (SSSR count). The van der Waals surface area contributed by atoms with Crippen molar-refractivity contribution in [3.05, 3.63) is 78.4 Å². The van der Waals surface area contributed by atoms with E-state index >= 15 is 0 Å². The first kappa shape index (κ1) is 23.6. The molecule has 1 fully saturated rings. The fourth-order valence-corrected chi connectivity index (χ4v) is 4.88. The van der Waals surface area contributed by atoms with Crippen LogP contribution in [0.4, 0.5) is 10.5 Å². The van der Waals surface area contributed by atoms with Crippen molar-refractivity contribution in [2.75, 3.05) is 25.0 Å². The number of rotatable bonds is 7. The zero-order chi connectivity index (χ0) is 23.9. The van der Waals surface area contributed by atoms with Gasteiger partial charge in [-0.15, -0.1) is 0 Å². The highest BCUT2D eigenvalue weighted by atomic mass is 16.2. The molecule has 34 heavy (non-hydrogen) atoms. The molecule has 0 heterocycles. The summed E-state index contributed by atoms with van der Waals surface area (Å²) in [6.07, 6.45) is 4.35. The van der Waals surface area contributed by atoms with Gasteiger partial charge in [0.2, 0.25) is 0 Å². The van der Waals surface area contributed by atoms with Crippen molar-refractivity contribution in [2.24, 2.45) is 28.3 Å². The van der Waals surface area contributed by atoms with E-state index in [-0.39, 0.29) is 12.0 Å². The van der Waals surface area contributed by atoms with Crippen LogP contribution in [-0.4, -0.2) is 37.0 Å². The molecule has 0 atom stereocenters. The monoisotopic (exact) mass is 457 g/mol. The summed E-state index contributed by atoms with van der Waals surface area (Å²) >= 11 is 0. The van der Waals surface area contributed by atoms with Gasteiger partial charge in [0.25, 0.3) is 0 Å². The van der Waals surface area contributed by atoms with E-state index < -0.39 is 0 Å². The zero-order valence-corrected chi connectivity index (χ0v) is 19.9. The molecular weight excluding hydrogens is 422 g/mol. The smallest absolute Gasteiger partial charge is 0.324 e. The molecule has 0 unspecified atom stereocenters. The molecule has 178 valence electrons. The quantitative estimate of drug-likeness (QED) is 0.387. The molecule has 1 saturated carbocycles. The number of benzene rings is 3. The minimum atomic E-state index is 0.0296. The van der Waals surface area contributed by atoms with Crippen molar-refractivity contribution in [1.29, 1.82) is 0 Å². The van der Waals surface area contributed by atoms with Crippen LogP contribution in [0.5, 0.6) is 0 Å². The van der Waals surface area contributed by atoms with Crippen molar-refractivity contribution in [3.8, 4) is 0 Å². The highest BCUT2D eigenvalue weighted by molar-refractivity contribution is 5.91. The lowest BCUT2D eigenvalue weighted by Crippen LogP contribution is -2.43. The van der Waals surface area contributed by atoms with E-state index in [1.807, 2.05) is 42.3 Å². The predicted octanol–water partition coefficient (Wildman–Crippen LogP) is 4.98. The van der Waals surface area contributed by atoms with Gasteiger partial charge in [0.1, 0.15) is 0 Å². The van der Waals surface area contributed by atoms with Gasteiger partial charge in [-0.25, -0.2) is 4.79 Å². The van der Waals surface area contributed by atoms with Gasteiger partial charge in [0.15, 0.2) is 5.96 Å². The number of nitrogens with two attached hydrogens (primary N) is 2. The van der Waals surface area contributed by atoms with Gasteiger partial charge in [-0.3, -0.25) is 9.89 Å². The van der Waals surface area contributed by atoms with Crippen LogP contribution in [0.3, 0.4) is 0 Å². The molecule has 0 radical (unpaired) electrons. The van der Waals surface area contributed by atoms with Crippen molar-refractivity contribution >= 4 is 28.5 Å². The molecule has 0 bridgehead atoms. The van der Waals surface area contributed by atoms with E-state index in [9.17, 15) is 4.79 Å². The van der Waals surface area contributed by atoms with Crippen LogP contribution >= 0.6 is 0 Å². The van der Waals surface area contributed by atoms with E-state index in [2.05, 4.69) is 47.5 Å². The summed E-state index contributed by atoms with van der Waals surface area (Å²) in [5.41, 5.74) is 13.0. The van der Waals surface area contributed by atoms with Crippen molar-refractivity contribution in [2.45, 2.75) is 32.2 Å². The fourth-order valence-electron chi connectivity index (χ4n) is 4.88. The number of hydrogen-bond donors (Lipinski definition) is 2. The predicted molar refractivity (Wildman–Crippen MR) is 141 cm³/mol. The molecule has 6 nitrogen and oxygen atoms in total. The number of aliphatic imine (C=N–C) groups is 1. The van der Waals surface area contributed by atoms with Crippen LogP contribution in [-0.2, 0) is 6.54 Å². The van der Waals surface area contributed by atoms with Gasteiger partial charge in [0, 0.05) is 32.4 Å². The summed E-state index contributed by atoms with van der Waals surface area (Å²) in [5.74, 6) is 1.16. The molecule has 4 N–H and O–H groups in total. The summed E-state index contributed by atoms with van der Waals surface area (Å²) < 4.78 is 0. The standard InChI is InChI=1S/C28H35N5O/c1-32(26-9-3-2-4-10-26)28(34)33(19-22-13-11-21(12-14-22)18-31-27(29)30)20-23-15-16-24-7-5-6-8-25(24)17-23/h2-10,15-17,21-22H,11-14,18-20H2,1H3,(H4,29,30,31). The van der Waals surface area contributed by atoms with Gasteiger partial charge >= 0.3 is 6.03 Å². The Balaban J connectivity index is 1.49. The maximum absolute atomic E-state index is 13.6. The third-order valence-electron chi connectivity index (χ3n) is 6.87. The van der Waals surface area contributed by atoms with Gasteiger partial charge < -0.3 is 16.4 Å². The first-order chi connectivity index (χ1) is 16.5. The lowest BCUT2D eigenvalue weighted by molar-refractivity contribution is 0.173. The second-order valence-corrected chi connectivity index (χ2v) is 9.39. The molecule has 0 spiro atoms. The number of amides is 2. The molecule has 3 aromatic rings. The van der Waals surface area contributed by atoms with E-state index in [4.69, 9.17) is 11.5 Å². The molecule has 2 amide bonds. The minimum Gasteiger partial charge on any atom is -0.370 e. The summed E-state index contributed by atoms with van der Waals surface area (Å²) in [4.78, 5) is 21.6. The Labute approximate surface area is 202 Å². The van der Waals surface area contributed by atoms with Crippen LogP contribution in [0.15, 0.2) is 77.8 Å². The first-order valence-corrected chi connectivity index (χ1v) is 12.1. The number of urea groups is 1. The molecule has 6 heteroatoms. The molecule has 3 aromatic carbocycles. The van der Waals surface area contributed by atoms with Crippen molar-refractivity contribution in [3.63, 3.8) is 0 Å². The summed E-state index contributed by atoms with van der Waals surface area (Å²) in [6, 6.07) is 24.7. The Morgan fingerprint density at radius 2 is 1.53 bits per heavy atom. The summed E-state index contributed by atoms with van der Waals surface area (Å²) in [6.45, 7) is 2.04. The minimum absolute atomic E-state index is 0.0296. The Morgan fingerprint density at radius 1 is 0.882 bits per heavy atom. The number of fused-ring (bicyclic) bond motifs is 1. The van der Waals surface area contributed by atoms with Crippen LogP contribution in [0.1, 0.15) is 31.2 Å². The number of anilines is 1.